The molecular formula is C9H7Br2N3. The van der Waals surface area contributed by atoms with E-state index in [1.165, 1.54) is 0 Å². The van der Waals surface area contributed by atoms with Crippen molar-refractivity contribution in [2.24, 2.45) is 0 Å². The van der Waals surface area contributed by atoms with Gasteiger partial charge < -0.3 is 0 Å². The van der Waals surface area contributed by atoms with Gasteiger partial charge in [-0.15, -0.1) is 0 Å². The summed E-state index contributed by atoms with van der Waals surface area (Å²) in [5, 5.41) is 4.28. The Balaban J connectivity index is 2.52. The lowest BCUT2D eigenvalue weighted by molar-refractivity contribution is 0.827. The van der Waals surface area contributed by atoms with Crippen LogP contribution in [-0.4, -0.2) is 14.8 Å². The zero-order chi connectivity index (χ0) is 10.1. The fraction of sp³-hybridized carbons (Fsp3) is 0.111. The number of rotatable bonds is 1. The van der Waals surface area contributed by atoms with Gasteiger partial charge in [-0.1, -0.05) is 0 Å². The van der Waals surface area contributed by atoms with Crippen molar-refractivity contribution in [1.82, 2.24) is 14.8 Å². The second-order valence-electron chi connectivity index (χ2n) is 2.86. The van der Waals surface area contributed by atoms with Gasteiger partial charge in [-0.25, -0.2) is 9.67 Å². The molecule has 0 N–H and O–H groups in total. The van der Waals surface area contributed by atoms with Crippen LogP contribution in [0.5, 0.6) is 0 Å². The molecule has 0 spiro atoms. The quantitative estimate of drug-likeness (QED) is 0.809. The van der Waals surface area contributed by atoms with Crippen LogP contribution in [0.4, 0.5) is 0 Å². The number of hydrogen-bond donors (Lipinski definition) is 0. The van der Waals surface area contributed by atoms with E-state index in [9.17, 15) is 0 Å². The van der Waals surface area contributed by atoms with Crippen molar-refractivity contribution >= 4 is 31.9 Å². The van der Waals surface area contributed by atoms with E-state index in [0.29, 0.717) is 0 Å². The topological polar surface area (TPSA) is 30.7 Å². The highest BCUT2D eigenvalue weighted by Gasteiger charge is 2.05. The fourth-order valence-corrected chi connectivity index (χ4v) is 2.28. The van der Waals surface area contributed by atoms with Gasteiger partial charge in [-0.05, 0) is 50.9 Å². The van der Waals surface area contributed by atoms with Crippen LogP contribution in [0.2, 0.25) is 0 Å². The standard InChI is InChI=1S/C9H7Br2N3/c1-6-2-3-14(13-6)9-8(11)4-7(10)5-12-9/h2-5H,1H3. The maximum atomic E-state index is 4.28. The Bertz CT molecular complexity index is 465. The summed E-state index contributed by atoms with van der Waals surface area (Å²) in [6.45, 7) is 1.95. The number of hydrogen-bond acceptors (Lipinski definition) is 2. The van der Waals surface area contributed by atoms with Gasteiger partial charge in [0.25, 0.3) is 0 Å². The summed E-state index contributed by atoms with van der Waals surface area (Å²) in [4.78, 5) is 4.27. The second kappa shape index (κ2) is 3.82. The van der Waals surface area contributed by atoms with Gasteiger partial charge in [-0.2, -0.15) is 5.10 Å². The molecule has 0 atom stereocenters. The van der Waals surface area contributed by atoms with E-state index < -0.39 is 0 Å². The van der Waals surface area contributed by atoms with Crippen LogP contribution in [0, 0.1) is 6.92 Å². The van der Waals surface area contributed by atoms with Crippen LogP contribution in [0.1, 0.15) is 5.69 Å². The molecule has 0 saturated heterocycles. The molecule has 0 bridgehead atoms. The van der Waals surface area contributed by atoms with Crippen LogP contribution >= 0.6 is 31.9 Å². The highest BCUT2D eigenvalue weighted by atomic mass is 79.9. The third-order valence-electron chi connectivity index (χ3n) is 1.73. The largest absolute Gasteiger partial charge is 0.235 e. The first-order valence-electron chi connectivity index (χ1n) is 4.00. The first-order valence-corrected chi connectivity index (χ1v) is 5.59. The number of pyridine rings is 1. The molecule has 2 aromatic rings. The summed E-state index contributed by atoms with van der Waals surface area (Å²) >= 11 is 6.79. The summed E-state index contributed by atoms with van der Waals surface area (Å²) in [6.07, 6.45) is 3.63. The summed E-state index contributed by atoms with van der Waals surface area (Å²) in [6, 6.07) is 3.88. The Kier molecular flexibility index (Phi) is 2.69. The highest BCUT2D eigenvalue weighted by molar-refractivity contribution is 9.11. The monoisotopic (exact) mass is 315 g/mol. The molecule has 0 aliphatic heterocycles. The van der Waals surface area contributed by atoms with Crippen LogP contribution in [0.25, 0.3) is 5.82 Å². The van der Waals surface area contributed by atoms with Gasteiger partial charge in [0.15, 0.2) is 5.82 Å². The number of nitrogens with zero attached hydrogens (tertiary/aromatic N) is 3. The third kappa shape index (κ3) is 1.88. The molecule has 2 aromatic heterocycles. The van der Waals surface area contributed by atoms with Crippen LogP contribution in [-0.2, 0) is 0 Å². The molecule has 0 aliphatic carbocycles. The van der Waals surface area contributed by atoms with Gasteiger partial charge in [0.2, 0.25) is 0 Å². The Morgan fingerprint density at radius 3 is 2.71 bits per heavy atom. The van der Waals surface area contributed by atoms with E-state index in [1.54, 1.807) is 10.9 Å². The van der Waals surface area contributed by atoms with Gasteiger partial charge in [0.05, 0.1) is 10.2 Å². The minimum absolute atomic E-state index is 0.793. The summed E-state index contributed by atoms with van der Waals surface area (Å²) < 4.78 is 3.60. The average Bonchev–Trinajstić information content (AvgIpc) is 2.51. The lowest BCUT2D eigenvalue weighted by atomic mass is 10.5. The molecule has 2 heterocycles. The molecule has 0 amide bonds. The summed E-state index contributed by atoms with van der Waals surface area (Å²) in [7, 11) is 0. The van der Waals surface area contributed by atoms with Crippen molar-refractivity contribution in [1.29, 1.82) is 0 Å². The number of aromatic nitrogens is 3. The van der Waals surface area contributed by atoms with Crippen molar-refractivity contribution in [2.75, 3.05) is 0 Å². The first-order chi connectivity index (χ1) is 6.66. The molecule has 0 aliphatic rings. The van der Waals surface area contributed by atoms with E-state index in [-0.39, 0.29) is 0 Å². The predicted octanol–water partition coefficient (Wildman–Crippen LogP) is 3.10. The van der Waals surface area contributed by atoms with Crippen molar-refractivity contribution in [2.45, 2.75) is 6.92 Å². The van der Waals surface area contributed by atoms with Crippen LogP contribution in [0.3, 0.4) is 0 Å². The second-order valence-corrected chi connectivity index (χ2v) is 4.63. The maximum absolute atomic E-state index is 4.28. The molecule has 3 nitrogen and oxygen atoms in total. The average molecular weight is 317 g/mol. The normalized spacial score (nSPS) is 10.5. The Hall–Kier alpha value is -0.680. The minimum atomic E-state index is 0.793. The molecular weight excluding hydrogens is 310 g/mol. The van der Waals surface area contributed by atoms with E-state index in [4.69, 9.17) is 0 Å². The number of halogens is 2. The first kappa shape index (κ1) is 9.86. The predicted molar refractivity (Wildman–Crippen MR) is 61.5 cm³/mol. The van der Waals surface area contributed by atoms with Crippen molar-refractivity contribution < 1.29 is 0 Å². The smallest absolute Gasteiger partial charge is 0.167 e. The van der Waals surface area contributed by atoms with Gasteiger partial charge in [-0.3, -0.25) is 0 Å². The van der Waals surface area contributed by atoms with E-state index in [0.717, 1.165) is 20.5 Å². The Morgan fingerprint density at radius 2 is 2.14 bits per heavy atom. The molecule has 0 radical (unpaired) electrons. The molecule has 2 rings (SSSR count). The van der Waals surface area contributed by atoms with Gasteiger partial charge in [0, 0.05) is 16.9 Å². The number of aryl methyl sites for hydroxylation is 1. The van der Waals surface area contributed by atoms with Crippen LogP contribution in [0.15, 0.2) is 33.5 Å². The molecule has 72 valence electrons. The van der Waals surface area contributed by atoms with Crippen molar-refractivity contribution in [3.63, 3.8) is 0 Å². The minimum Gasteiger partial charge on any atom is -0.235 e. The van der Waals surface area contributed by atoms with Crippen molar-refractivity contribution in [3.8, 4) is 5.82 Å². The van der Waals surface area contributed by atoms with E-state index >= 15 is 0 Å². The molecule has 5 heteroatoms. The Labute approximate surface area is 98.4 Å². The fourth-order valence-electron chi connectivity index (χ4n) is 1.11. The molecule has 0 unspecified atom stereocenters. The maximum Gasteiger partial charge on any atom is 0.167 e. The van der Waals surface area contributed by atoms with Gasteiger partial charge in [0.1, 0.15) is 0 Å². The zero-order valence-corrected chi connectivity index (χ0v) is 10.6. The lowest BCUT2D eigenvalue weighted by Gasteiger charge is -2.02. The summed E-state index contributed by atoms with van der Waals surface area (Å²) in [5.74, 6) is 0.793. The van der Waals surface area contributed by atoms with Crippen LogP contribution < -0.4 is 0 Å². The zero-order valence-electron chi connectivity index (χ0n) is 7.41. The SMILES string of the molecule is Cc1ccn(-c2ncc(Br)cc2Br)n1. The molecule has 0 fully saturated rings. The van der Waals surface area contributed by atoms with E-state index in [1.807, 2.05) is 25.3 Å². The van der Waals surface area contributed by atoms with Gasteiger partial charge >= 0.3 is 0 Å². The van der Waals surface area contributed by atoms with Crippen molar-refractivity contribution in [3.05, 3.63) is 39.2 Å². The lowest BCUT2D eigenvalue weighted by Crippen LogP contribution is -1.99. The molecule has 14 heavy (non-hydrogen) atoms. The van der Waals surface area contributed by atoms with E-state index in [2.05, 4.69) is 41.9 Å². The summed E-state index contributed by atoms with van der Waals surface area (Å²) in [5.41, 5.74) is 0.974. The third-order valence-corrected chi connectivity index (χ3v) is 2.75. The Morgan fingerprint density at radius 1 is 1.36 bits per heavy atom. The molecule has 0 aromatic carbocycles. The molecule has 0 saturated carbocycles. The highest BCUT2D eigenvalue weighted by Crippen LogP contribution is 2.22.